The molecular formula is C14H12F3N. The number of aromatic nitrogens is 1. The minimum absolute atomic E-state index is 0.0106. The molecule has 1 unspecified atom stereocenters. The van der Waals surface area contributed by atoms with E-state index in [4.69, 9.17) is 0 Å². The summed E-state index contributed by atoms with van der Waals surface area (Å²) in [6.45, 7) is 0. The van der Waals surface area contributed by atoms with Crippen molar-refractivity contribution < 1.29 is 13.2 Å². The molecule has 4 heteroatoms. The highest BCUT2D eigenvalue weighted by molar-refractivity contribution is 5.37. The van der Waals surface area contributed by atoms with Gasteiger partial charge < -0.3 is 0 Å². The van der Waals surface area contributed by atoms with Crippen LogP contribution in [0.2, 0.25) is 0 Å². The van der Waals surface area contributed by atoms with Crippen LogP contribution in [0.1, 0.15) is 25.0 Å². The number of pyridine rings is 1. The smallest absolute Gasteiger partial charge is 0.248 e. The molecule has 1 nitrogen and oxygen atoms in total. The first kappa shape index (κ1) is 12.7. The molecule has 1 atom stereocenters. The van der Waals surface area contributed by atoms with E-state index in [1.165, 1.54) is 0 Å². The Morgan fingerprint density at radius 1 is 1.22 bits per heavy atom. The normalized spacial score (nSPS) is 19.7. The maximum absolute atomic E-state index is 12.6. The summed E-state index contributed by atoms with van der Waals surface area (Å²) in [6.07, 6.45) is -0.125. The summed E-state index contributed by atoms with van der Waals surface area (Å²) in [6, 6.07) is 5.30. The summed E-state index contributed by atoms with van der Waals surface area (Å²) in [5.41, 5.74) is 1.14. The number of hydrogen-bond acceptors (Lipinski definition) is 1. The van der Waals surface area contributed by atoms with Gasteiger partial charge in [0, 0.05) is 6.20 Å². The van der Waals surface area contributed by atoms with Crippen molar-refractivity contribution in [3.05, 3.63) is 41.7 Å². The lowest BCUT2D eigenvalue weighted by molar-refractivity contribution is -0.176. The molecule has 2 rings (SSSR count). The van der Waals surface area contributed by atoms with Gasteiger partial charge in [-0.2, -0.15) is 13.2 Å². The largest absolute Gasteiger partial charge is 0.392 e. The average Bonchev–Trinajstić information content (AvgIpc) is 2.37. The Labute approximate surface area is 104 Å². The molecule has 0 fully saturated rings. The molecule has 94 valence electrons. The van der Waals surface area contributed by atoms with Crippen LogP contribution in [-0.4, -0.2) is 11.2 Å². The van der Waals surface area contributed by atoms with Crippen molar-refractivity contribution in [2.24, 2.45) is 5.92 Å². The molecule has 0 N–H and O–H groups in total. The first-order valence-electron chi connectivity index (χ1n) is 5.74. The zero-order chi connectivity index (χ0) is 13.0. The number of nitrogens with zero attached hydrogens (tertiary/aromatic N) is 1. The second-order valence-electron chi connectivity index (χ2n) is 4.21. The molecule has 0 amide bonds. The molecule has 18 heavy (non-hydrogen) atoms. The van der Waals surface area contributed by atoms with Crippen molar-refractivity contribution in [2.45, 2.75) is 25.4 Å². The summed E-state index contributed by atoms with van der Waals surface area (Å²) in [5.74, 6) is 4.32. The van der Waals surface area contributed by atoms with Gasteiger partial charge in [0.15, 0.2) is 0 Å². The Balaban J connectivity index is 2.07. The lowest BCUT2D eigenvalue weighted by Gasteiger charge is -2.22. The van der Waals surface area contributed by atoms with Crippen LogP contribution in [0.4, 0.5) is 13.2 Å². The second-order valence-corrected chi connectivity index (χ2v) is 4.21. The third-order valence-electron chi connectivity index (χ3n) is 2.85. The van der Waals surface area contributed by atoms with Crippen LogP contribution in [0.25, 0.3) is 0 Å². The topological polar surface area (TPSA) is 12.9 Å². The number of allylic oxidation sites excluding steroid dienone is 2. The van der Waals surface area contributed by atoms with Gasteiger partial charge in [-0.15, -0.1) is 0 Å². The average molecular weight is 251 g/mol. The van der Waals surface area contributed by atoms with Crippen molar-refractivity contribution in [3.8, 4) is 11.8 Å². The van der Waals surface area contributed by atoms with Gasteiger partial charge in [0.25, 0.3) is 0 Å². The highest BCUT2D eigenvalue weighted by Crippen LogP contribution is 2.37. The van der Waals surface area contributed by atoms with E-state index in [0.717, 1.165) is 0 Å². The Bertz CT molecular complexity index is 491. The summed E-state index contributed by atoms with van der Waals surface area (Å²) >= 11 is 0. The molecule has 1 aromatic heterocycles. The van der Waals surface area contributed by atoms with Gasteiger partial charge in [0.1, 0.15) is 5.69 Å². The van der Waals surface area contributed by atoms with E-state index in [-0.39, 0.29) is 12.8 Å². The molecule has 0 radical (unpaired) electrons. The molecular weight excluding hydrogens is 239 g/mol. The standard InChI is InChI=1S/C14H12F3N/c15-14(16,17)12-5-3-4-11(10-12)7-8-13-6-1-2-9-18-13/h1-2,4,6,9,12H,3,5,10H2. The SMILES string of the molecule is FC(F)(F)C1CCC=C(C#Cc2ccccn2)C1. The summed E-state index contributed by atoms with van der Waals surface area (Å²) in [5, 5.41) is 0. The maximum Gasteiger partial charge on any atom is 0.392 e. The Kier molecular flexibility index (Phi) is 3.71. The fourth-order valence-electron chi connectivity index (χ4n) is 1.87. The molecule has 1 aromatic rings. The molecule has 0 saturated carbocycles. The zero-order valence-corrected chi connectivity index (χ0v) is 9.67. The van der Waals surface area contributed by atoms with Crippen LogP contribution < -0.4 is 0 Å². The zero-order valence-electron chi connectivity index (χ0n) is 9.67. The number of alkyl halides is 3. The maximum atomic E-state index is 12.6. The summed E-state index contributed by atoms with van der Waals surface area (Å²) in [7, 11) is 0. The van der Waals surface area contributed by atoms with Gasteiger partial charge in [-0.1, -0.05) is 18.1 Å². The van der Waals surface area contributed by atoms with Crippen molar-refractivity contribution in [2.75, 3.05) is 0 Å². The summed E-state index contributed by atoms with van der Waals surface area (Å²) in [4.78, 5) is 4.01. The first-order chi connectivity index (χ1) is 8.55. The fourth-order valence-corrected chi connectivity index (χ4v) is 1.87. The molecule has 0 saturated heterocycles. The molecule has 0 aliphatic heterocycles. The lowest BCUT2D eigenvalue weighted by Crippen LogP contribution is -2.24. The van der Waals surface area contributed by atoms with E-state index >= 15 is 0 Å². The molecule has 0 bridgehead atoms. The Morgan fingerprint density at radius 2 is 2.06 bits per heavy atom. The van der Waals surface area contributed by atoms with Crippen LogP contribution >= 0.6 is 0 Å². The van der Waals surface area contributed by atoms with Crippen molar-refractivity contribution in [1.82, 2.24) is 4.98 Å². The number of halogens is 3. The van der Waals surface area contributed by atoms with E-state index in [9.17, 15) is 13.2 Å². The molecule has 0 spiro atoms. The minimum Gasteiger partial charge on any atom is -0.248 e. The van der Waals surface area contributed by atoms with Gasteiger partial charge in [-0.25, -0.2) is 4.98 Å². The van der Waals surface area contributed by atoms with Gasteiger partial charge in [0.2, 0.25) is 0 Å². The third-order valence-corrected chi connectivity index (χ3v) is 2.85. The van der Waals surface area contributed by atoms with Crippen molar-refractivity contribution in [1.29, 1.82) is 0 Å². The van der Waals surface area contributed by atoms with E-state index in [1.54, 1.807) is 30.5 Å². The van der Waals surface area contributed by atoms with E-state index in [0.29, 0.717) is 17.7 Å². The predicted octanol–water partition coefficient (Wildman–Crippen LogP) is 3.72. The molecule has 0 aromatic carbocycles. The van der Waals surface area contributed by atoms with Crippen LogP contribution in [-0.2, 0) is 0 Å². The molecule has 1 aliphatic carbocycles. The van der Waals surface area contributed by atoms with E-state index < -0.39 is 12.1 Å². The quantitative estimate of drug-likeness (QED) is 0.640. The van der Waals surface area contributed by atoms with Crippen LogP contribution in [0, 0.1) is 17.8 Å². The first-order valence-corrected chi connectivity index (χ1v) is 5.74. The summed E-state index contributed by atoms with van der Waals surface area (Å²) < 4.78 is 37.8. The number of rotatable bonds is 0. The van der Waals surface area contributed by atoms with E-state index in [2.05, 4.69) is 16.8 Å². The number of hydrogen-bond donors (Lipinski definition) is 0. The predicted molar refractivity (Wildman–Crippen MR) is 62.6 cm³/mol. The minimum atomic E-state index is -4.12. The van der Waals surface area contributed by atoms with Gasteiger partial charge in [-0.05, 0) is 42.9 Å². The van der Waals surface area contributed by atoms with Crippen LogP contribution in [0.15, 0.2) is 36.0 Å². The van der Waals surface area contributed by atoms with E-state index in [1.807, 2.05) is 0 Å². The Hall–Kier alpha value is -1.76. The second kappa shape index (κ2) is 5.26. The van der Waals surface area contributed by atoms with Gasteiger partial charge >= 0.3 is 6.18 Å². The highest BCUT2D eigenvalue weighted by atomic mass is 19.4. The Morgan fingerprint density at radius 3 is 2.72 bits per heavy atom. The highest BCUT2D eigenvalue weighted by Gasteiger charge is 2.40. The van der Waals surface area contributed by atoms with Gasteiger partial charge in [0.05, 0.1) is 5.92 Å². The monoisotopic (exact) mass is 251 g/mol. The lowest BCUT2D eigenvalue weighted by atomic mass is 9.88. The third kappa shape index (κ3) is 3.36. The van der Waals surface area contributed by atoms with Crippen molar-refractivity contribution >= 4 is 0 Å². The van der Waals surface area contributed by atoms with Gasteiger partial charge in [-0.3, -0.25) is 0 Å². The fraction of sp³-hybridized carbons (Fsp3) is 0.357. The van der Waals surface area contributed by atoms with Crippen LogP contribution in [0.3, 0.4) is 0 Å². The van der Waals surface area contributed by atoms with Crippen LogP contribution in [0.5, 0.6) is 0 Å². The molecule has 1 aliphatic rings. The molecule has 1 heterocycles. The van der Waals surface area contributed by atoms with Crippen molar-refractivity contribution in [3.63, 3.8) is 0 Å².